The lowest BCUT2D eigenvalue weighted by atomic mass is 10.1. The molecular formula is C16H23ClN2OSi. The van der Waals surface area contributed by atoms with Crippen molar-refractivity contribution in [2.45, 2.75) is 51.2 Å². The molecule has 0 saturated heterocycles. The molecule has 2 aromatic heterocycles. The van der Waals surface area contributed by atoms with E-state index in [-0.39, 0.29) is 0 Å². The molecule has 0 radical (unpaired) electrons. The zero-order chi connectivity index (χ0) is 15.0. The van der Waals surface area contributed by atoms with Crippen LogP contribution in [0.3, 0.4) is 0 Å². The van der Waals surface area contributed by atoms with E-state index in [1.807, 2.05) is 6.07 Å². The second-order valence-electron chi connectivity index (χ2n) is 7.17. The summed E-state index contributed by atoms with van der Waals surface area (Å²) in [6, 6.07) is 3.24. The van der Waals surface area contributed by atoms with Gasteiger partial charge in [-0.15, -0.1) is 0 Å². The third-order valence-corrected chi connectivity index (χ3v) is 6.01. The SMILES string of the molecule is C[Si](C)(C)CCOCn1cc(C2CC2)c2c(Cl)nccc21. The molecule has 5 heteroatoms. The van der Waals surface area contributed by atoms with Crippen LogP contribution in [-0.4, -0.2) is 24.2 Å². The fourth-order valence-corrected chi connectivity index (χ4v) is 3.61. The van der Waals surface area contributed by atoms with Gasteiger partial charge in [0.05, 0.1) is 5.52 Å². The number of nitrogens with zero attached hydrogens (tertiary/aromatic N) is 2. The van der Waals surface area contributed by atoms with Crippen molar-refractivity contribution in [1.82, 2.24) is 9.55 Å². The molecule has 1 aliphatic rings. The minimum Gasteiger partial charge on any atom is -0.361 e. The predicted octanol–water partition coefficient (Wildman–Crippen LogP) is 4.88. The molecule has 0 bridgehead atoms. The van der Waals surface area contributed by atoms with E-state index >= 15 is 0 Å². The van der Waals surface area contributed by atoms with E-state index in [2.05, 4.69) is 35.4 Å². The molecule has 0 N–H and O–H groups in total. The largest absolute Gasteiger partial charge is 0.361 e. The Bertz CT molecular complexity index is 643. The van der Waals surface area contributed by atoms with Gasteiger partial charge >= 0.3 is 0 Å². The Kier molecular flexibility index (Phi) is 4.12. The maximum absolute atomic E-state index is 6.31. The molecule has 1 aliphatic carbocycles. The number of hydrogen-bond acceptors (Lipinski definition) is 2. The summed E-state index contributed by atoms with van der Waals surface area (Å²) in [4.78, 5) is 4.24. The second kappa shape index (κ2) is 5.74. The number of halogens is 1. The summed E-state index contributed by atoms with van der Waals surface area (Å²) in [5, 5.41) is 1.74. The average Bonchev–Trinajstić information content (AvgIpc) is 3.17. The zero-order valence-corrected chi connectivity index (χ0v) is 14.8. The molecule has 0 unspecified atom stereocenters. The fraction of sp³-hybridized carbons (Fsp3) is 0.562. The lowest BCUT2D eigenvalue weighted by molar-refractivity contribution is 0.0901. The van der Waals surface area contributed by atoms with Crippen LogP contribution >= 0.6 is 11.6 Å². The van der Waals surface area contributed by atoms with Crippen molar-refractivity contribution in [3.8, 4) is 0 Å². The summed E-state index contributed by atoms with van der Waals surface area (Å²) in [6.45, 7) is 8.56. The van der Waals surface area contributed by atoms with Crippen LogP contribution in [-0.2, 0) is 11.5 Å². The van der Waals surface area contributed by atoms with Crippen LogP contribution in [0.25, 0.3) is 10.9 Å². The van der Waals surface area contributed by atoms with Crippen molar-refractivity contribution in [2.75, 3.05) is 6.61 Å². The number of ether oxygens (including phenoxy) is 1. The van der Waals surface area contributed by atoms with Crippen molar-refractivity contribution in [3.63, 3.8) is 0 Å². The number of fused-ring (bicyclic) bond motifs is 1. The molecule has 21 heavy (non-hydrogen) atoms. The van der Waals surface area contributed by atoms with Crippen molar-refractivity contribution in [1.29, 1.82) is 0 Å². The molecule has 0 aliphatic heterocycles. The third kappa shape index (κ3) is 3.50. The van der Waals surface area contributed by atoms with Gasteiger partial charge in [-0.2, -0.15) is 0 Å². The van der Waals surface area contributed by atoms with E-state index in [0.29, 0.717) is 17.8 Å². The number of pyridine rings is 1. The van der Waals surface area contributed by atoms with E-state index in [0.717, 1.165) is 17.5 Å². The van der Waals surface area contributed by atoms with Gasteiger partial charge in [0.2, 0.25) is 0 Å². The molecule has 1 saturated carbocycles. The summed E-state index contributed by atoms with van der Waals surface area (Å²) in [5.41, 5.74) is 2.49. The monoisotopic (exact) mass is 322 g/mol. The lowest BCUT2D eigenvalue weighted by Gasteiger charge is -2.15. The Hall–Kier alpha value is -0.843. The molecule has 0 atom stereocenters. The molecule has 2 aromatic rings. The molecule has 3 rings (SSSR count). The summed E-state index contributed by atoms with van der Waals surface area (Å²) < 4.78 is 8.07. The molecule has 114 valence electrons. The van der Waals surface area contributed by atoms with Gasteiger partial charge in [0.15, 0.2) is 0 Å². The number of rotatable bonds is 6. The van der Waals surface area contributed by atoms with Gasteiger partial charge in [-0.05, 0) is 36.4 Å². The first kappa shape index (κ1) is 15.1. The maximum Gasteiger partial charge on any atom is 0.138 e. The fourth-order valence-electron chi connectivity index (χ4n) is 2.59. The topological polar surface area (TPSA) is 27.1 Å². The van der Waals surface area contributed by atoms with E-state index in [9.17, 15) is 0 Å². The Morgan fingerprint density at radius 1 is 1.38 bits per heavy atom. The Balaban J connectivity index is 1.78. The second-order valence-corrected chi connectivity index (χ2v) is 13.2. The maximum atomic E-state index is 6.31. The molecule has 0 amide bonds. The van der Waals surface area contributed by atoms with E-state index < -0.39 is 8.07 Å². The number of aromatic nitrogens is 2. The highest BCUT2D eigenvalue weighted by Gasteiger charge is 2.28. The van der Waals surface area contributed by atoms with Crippen molar-refractivity contribution in [2.24, 2.45) is 0 Å². The molecule has 3 nitrogen and oxygen atoms in total. The predicted molar refractivity (Wildman–Crippen MR) is 90.8 cm³/mol. The Morgan fingerprint density at radius 2 is 2.14 bits per heavy atom. The normalized spacial score (nSPS) is 15.8. The first-order valence-electron chi connectivity index (χ1n) is 7.67. The third-order valence-electron chi connectivity index (χ3n) is 4.02. The smallest absolute Gasteiger partial charge is 0.138 e. The Labute approximate surface area is 132 Å². The van der Waals surface area contributed by atoms with Crippen molar-refractivity contribution in [3.05, 3.63) is 29.2 Å². The molecule has 0 aromatic carbocycles. The van der Waals surface area contributed by atoms with Crippen molar-refractivity contribution < 1.29 is 4.74 Å². The highest BCUT2D eigenvalue weighted by Crippen LogP contribution is 2.45. The van der Waals surface area contributed by atoms with E-state index in [1.54, 1.807) is 6.20 Å². The molecule has 0 spiro atoms. The molecular weight excluding hydrogens is 300 g/mol. The highest BCUT2D eigenvalue weighted by molar-refractivity contribution is 6.76. The van der Waals surface area contributed by atoms with Crippen LogP contribution in [0, 0.1) is 0 Å². The van der Waals surface area contributed by atoms with Gasteiger partial charge in [-0.25, -0.2) is 4.98 Å². The summed E-state index contributed by atoms with van der Waals surface area (Å²) in [5.74, 6) is 0.664. The van der Waals surface area contributed by atoms with E-state index in [4.69, 9.17) is 16.3 Å². The highest BCUT2D eigenvalue weighted by atomic mass is 35.5. The lowest BCUT2D eigenvalue weighted by Crippen LogP contribution is -2.21. The minimum absolute atomic E-state index is 0.605. The van der Waals surface area contributed by atoms with Crippen molar-refractivity contribution >= 4 is 30.6 Å². The summed E-state index contributed by atoms with van der Waals surface area (Å²) in [6.07, 6.45) is 6.52. The van der Waals surface area contributed by atoms with E-state index in [1.165, 1.54) is 24.4 Å². The van der Waals surface area contributed by atoms with Gasteiger partial charge < -0.3 is 9.30 Å². The van der Waals surface area contributed by atoms with Crippen LogP contribution in [0.5, 0.6) is 0 Å². The van der Waals surface area contributed by atoms with Gasteiger partial charge in [0.1, 0.15) is 11.9 Å². The summed E-state index contributed by atoms with van der Waals surface area (Å²) in [7, 11) is -1.03. The van der Waals surface area contributed by atoms with Gasteiger partial charge in [0, 0.05) is 32.5 Å². The Morgan fingerprint density at radius 3 is 2.81 bits per heavy atom. The number of hydrogen-bond donors (Lipinski definition) is 0. The molecule has 2 heterocycles. The minimum atomic E-state index is -1.03. The van der Waals surface area contributed by atoms with Crippen LogP contribution in [0.4, 0.5) is 0 Å². The van der Waals surface area contributed by atoms with Gasteiger partial charge in [0.25, 0.3) is 0 Å². The average molecular weight is 323 g/mol. The summed E-state index contributed by atoms with van der Waals surface area (Å²) >= 11 is 6.31. The van der Waals surface area contributed by atoms with Crippen LogP contribution in [0.1, 0.15) is 24.3 Å². The molecule has 1 fully saturated rings. The first-order valence-corrected chi connectivity index (χ1v) is 11.8. The van der Waals surface area contributed by atoms with Gasteiger partial charge in [-0.3, -0.25) is 0 Å². The van der Waals surface area contributed by atoms with Crippen LogP contribution in [0.2, 0.25) is 30.8 Å². The quantitative estimate of drug-likeness (QED) is 0.430. The van der Waals surface area contributed by atoms with Crippen LogP contribution in [0.15, 0.2) is 18.5 Å². The van der Waals surface area contributed by atoms with Crippen LogP contribution < -0.4 is 0 Å². The standard InChI is InChI=1S/C16H23ClN2OSi/c1-21(2,3)9-8-20-11-19-10-13(12-4-5-12)15-14(19)6-7-18-16(15)17/h6-7,10,12H,4-5,8-9,11H2,1-3H3. The van der Waals surface area contributed by atoms with Gasteiger partial charge in [-0.1, -0.05) is 31.2 Å². The first-order chi connectivity index (χ1) is 9.96. The zero-order valence-electron chi connectivity index (χ0n) is 13.0.